The summed E-state index contributed by atoms with van der Waals surface area (Å²) in [5.41, 5.74) is 6.44. The second-order valence-corrected chi connectivity index (χ2v) is 5.45. The van der Waals surface area contributed by atoms with Crippen molar-refractivity contribution < 1.29 is 4.74 Å². The van der Waals surface area contributed by atoms with Gasteiger partial charge in [-0.1, -0.05) is 0 Å². The summed E-state index contributed by atoms with van der Waals surface area (Å²) in [5, 5.41) is 9.14. The Hall–Kier alpha value is -1.73. The van der Waals surface area contributed by atoms with Crippen LogP contribution in [0.15, 0.2) is 24.3 Å². The van der Waals surface area contributed by atoms with Gasteiger partial charge in [-0.15, -0.1) is 0 Å². The van der Waals surface area contributed by atoms with E-state index in [0.717, 1.165) is 30.8 Å². The molecule has 1 aliphatic rings. The van der Waals surface area contributed by atoms with Crippen LogP contribution in [0.4, 0.5) is 5.69 Å². The van der Waals surface area contributed by atoms with Crippen LogP contribution in [0, 0.1) is 11.3 Å². The van der Waals surface area contributed by atoms with Crippen molar-refractivity contribution >= 4 is 5.69 Å². The topological polar surface area (TPSA) is 62.3 Å². The Balaban J connectivity index is 2.08. The van der Waals surface area contributed by atoms with Crippen molar-refractivity contribution in [3.05, 3.63) is 24.3 Å². The third-order valence-corrected chi connectivity index (χ3v) is 3.32. The molecule has 0 spiro atoms. The first-order valence-electron chi connectivity index (χ1n) is 6.74. The quantitative estimate of drug-likeness (QED) is 0.904. The van der Waals surface area contributed by atoms with E-state index in [-0.39, 0.29) is 6.10 Å². The summed E-state index contributed by atoms with van der Waals surface area (Å²) < 4.78 is 5.62. The van der Waals surface area contributed by atoms with Gasteiger partial charge < -0.3 is 15.4 Å². The number of nitrogens with two attached hydrogens (primary N) is 1. The van der Waals surface area contributed by atoms with Crippen LogP contribution in [-0.4, -0.2) is 24.7 Å². The van der Waals surface area contributed by atoms with E-state index in [0.29, 0.717) is 6.54 Å². The highest BCUT2D eigenvalue weighted by molar-refractivity contribution is 5.50. The zero-order chi connectivity index (χ0) is 13.9. The molecule has 0 radical (unpaired) electrons. The number of ether oxygens (including phenoxy) is 1. The molecule has 2 N–H and O–H groups in total. The van der Waals surface area contributed by atoms with Crippen LogP contribution in [0.3, 0.4) is 0 Å². The van der Waals surface area contributed by atoms with E-state index < -0.39 is 5.54 Å². The third-order valence-electron chi connectivity index (χ3n) is 3.32. The van der Waals surface area contributed by atoms with E-state index in [9.17, 15) is 0 Å². The first kappa shape index (κ1) is 13.7. The molecule has 1 heterocycles. The van der Waals surface area contributed by atoms with Crippen molar-refractivity contribution in [3.8, 4) is 11.8 Å². The second-order valence-electron chi connectivity index (χ2n) is 5.45. The molecule has 19 heavy (non-hydrogen) atoms. The highest BCUT2D eigenvalue weighted by Gasteiger charge is 2.31. The van der Waals surface area contributed by atoms with Crippen LogP contribution in [0.5, 0.6) is 5.75 Å². The maximum absolute atomic E-state index is 9.14. The summed E-state index contributed by atoms with van der Waals surface area (Å²) >= 11 is 0. The Morgan fingerprint density at radius 1 is 1.37 bits per heavy atom. The number of anilines is 1. The molecule has 1 fully saturated rings. The molecule has 1 unspecified atom stereocenters. The zero-order valence-corrected chi connectivity index (χ0v) is 11.6. The van der Waals surface area contributed by atoms with Gasteiger partial charge >= 0.3 is 0 Å². The minimum atomic E-state index is -0.717. The molecule has 1 aliphatic heterocycles. The Morgan fingerprint density at radius 3 is 2.63 bits per heavy atom. The minimum Gasteiger partial charge on any atom is -0.491 e. The van der Waals surface area contributed by atoms with E-state index in [1.807, 2.05) is 38.1 Å². The maximum Gasteiger partial charge on any atom is 0.121 e. The van der Waals surface area contributed by atoms with Gasteiger partial charge in [0.05, 0.1) is 12.2 Å². The van der Waals surface area contributed by atoms with E-state index >= 15 is 0 Å². The zero-order valence-electron chi connectivity index (χ0n) is 11.6. The van der Waals surface area contributed by atoms with Gasteiger partial charge in [-0.05, 0) is 51.0 Å². The van der Waals surface area contributed by atoms with Crippen LogP contribution < -0.4 is 15.4 Å². The molecule has 0 saturated carbocycles. The molecule has 0 aliphatic carbocycles. The molecule has 1 aromatic rings. The summed E-state index contributed by atoms with van der Waals surface area (Å²) in [6.07, 6.45) is 1.90. The molecule has 0 bridgehead atoms. The fraction of sp³-hybridized carbons (Fsp3) is 0.533. The summed E-state index contributed by atoms with van der Waals surface area (Å²) in [6, 6.07) is 10.2. The Bertz CT molecular complexity index is 463. The van der Waals surface area contributed by atoms with Gasteiger partial charge in [0.1, 0.15) is 11.3 Å². The lowest BCUT2D eigenvalue weighted by Gasteiger charge is -2.37. The highest BCUT2D eigenvalue weighted by atomic mass is 16.5. The minimum absolute atomic E-state index is 0.177. The summed E-state index contributed by atoms with van der Waals surface area (Å²) in [7, 11) is 0. The highest BCUT2D eigenvalue weighted by Crippen LogP contribution is 2.26. The molecule has 0 amide bonds. The normalized spacial score (nSPS) is 23.2. The lowest BCUT2D eigenvalue weighted by atomic mass is 9.91. The smallest absolute Gasteiger partial charge is 0.121 e. The monoisotopic (exact) mass is 259 g/mol. The van der Waals surface area contributed by atoms with E-state index in [2.05, 4.69) is 11.0 Å². The number of hydrogen-bond donors (Lipinski definition) is 1. The SMILES string of the molecule is CC(C)Oc1ccc(N2CCCC(N)(C#N)C2)cc1. The average molecular weight is 259 g/mol. The first-order chi connectivity index (χ1) is 9.02. The Labute approximate surface area is 114 Å². The largest absolute Gasteiger partial charge is 0.491 e. The molecule has 1 aromatic carbocycles. The fourth-order valence-corrected chi connectivity index (χ4v) is 2.40. The lowest BCUT2D eigenvalue weighted by molar-refractivity contribution is 0.242. The van der Waals surface area contributed by atoms with Gasteiger partial charge in [-0.25, -0.2) is 0 Å². The molecular weight excluding hydrogens is 238 g/mol. The molecular formula is C15H21N3O. The molecule has 2 rings (SSSR count). The van der Waals surface area contributed by atoms with Crippen LogP contribution in [-0.2, 0) is 0 Å². The summed E-state index contributed by atoms with van der Waals surface area (Å²) in [6.45, 7) is 5.56. The van der Waals surface area contributed by atoms with Crippen molar-refractivity contribution in [2.75, 3.05) is 18.0 Å². The fourth-order valence-electron chi connectivity index (χ4n) is 2.40. The standard InChI is InChI=1S/C15H21N3O/c1-12(2)19-14-6-4-13(5-7-14)18-9-3-8-15(17,10-16)11-18/h4-7,12H,3,8-9,11,17H2,1-2H3. The lowest BCUT2D eigenvalue weighted by Crippen LogP contribution is -2.53. The van der Waals surface area contributed by atoms with Crippen molar-refractivity contribution in [2.24, 2.45) is 5.73 Å². The number of benzene rings is 1. The van der Waals surface area contributed by atoms with Gasteiger partial charge in [0.15, 0.2) is 0 Å². The molecule has 0 aromatic heterocycles. The third kappa shape index (κ3) is 3.39. The van der Waals surface area contributed by atoms with Gasteiger partial charge in [0.25, 0.3) is 0 Å². The Kier molecular flexibility index (Phi) is 3.96. The molecule has 4 heteroatoms. The van der Waals surface area contributed by atoms with E-state index in [1.165, 1.54) is 0 Å². The predicted molar refractivity (Wildman–Crippen MR) is 76.2 cm³/mol. The van der Waals surface area contributed by atoms with Crippen LogP contribution in [0.1, 0.15) is 26.7 Å². The number of nitrogens with zero attached hydrogens (tertiary/aromatic N) is 2. The number of nitriles is 1. The van der Waals surface area contributed by atoms with Gasteiger partial charge in [0.2, 0.25) is 0 Å². The average Bonchev–Trinajstić information content (AvgIpc) is 2.39. The van der Waals surface area contributed by atoms with Crippen LogP contribution in [0.25, 0.3) is 0 Å². The van der Waals surface area contributed by atoms with Crippen molar-refractivity contribution in [2.45, 2.75) is 38.3 Å². The molecule has 1 atom stereocenters. The van der Waals surface area contributed by atoms with Gasteiger partial charge in [-0.3, -0.25) is 0 Å². The van der Waals surface area contributed by atoms with Crippen molar-refractivity contribution in [3.63, 3.8) is 0 Å². The summed E-state index contributed by atoms with van der Waals surface area (Å²) in [4.78, 5) is 2.17. The first-order valence-corrected chi connectivity index (χ1v) is 6.74. The second kappa shape index (κ2) is 5.50. The van der Waals surface area contributed by atoms with Crippen molar-refractivity contribution in [1.29, 1.82) is 5.26 Å². The number of hydrogen-bond acceptors (Lipinski definition) is 4. The van der Waals surface area contributed by atoms with E-state index in [1.54, 1.807) is 0 Å². The Morgan fingerprint density at radius 2 is 2.05 bits per heavy atom. The number of rotatable bonds is 3. The predicted octanol–water partition coefficient (Wildman–Crippen LogP) is 2.30. The van der Waals surface area contributed by atoms with Gasteiger partial charge in [0, 0.05) is 18.8 Å². The van der Waals surface area contributed by atoms with E-state index in [4.69, 9.17) is 15.7 Å². The van der Waals surface area contributed by atoms with Crippen LogP contribution in [0.2, 0.25) is 0 Å². The van der Waals surface area contributed by atoms with Gasteiger partial charge in [-0.2, -0.15) is 5.26 Å². The molecule has 4 nitrogen and oxygen atoms in total. The number of piperidine rings is 1. The molecule has 102 valence electrons. The van der Waals surface area contributed by atoms with Crippen LogP contribution >= 0.6 is 0 Å². The molecule has 1 saturated heterocycles. The summed E-state index contributed by atoms with van der Waals surface area (Å²) in [5.74, 6) is 0.870. The maximum atomic E-state index is 9.14. The van der Waals surface area contributed by atoms with Crippen molar-refractivity contribution in [1.82, 2.24) is 0 Å².